The van der Waals surface area contributed by atoms with Crippen molar-refractivity contribution in [3.05, 3.63) is 23.1 Å². The summed E-state index contributed by atoms with van der Waals surface area (Å²) in [5, 5.41) is 8.97. The number of aryl methyl sites for hydroxylation is 1. The van der Waals surface area contributed by atoms with Gasteiger partial charge in [-0.1, -0.05) is 0 Å². The van der Waals surface area contributed by atoms with Gasteiger partial charge in [0.05, 0.1) is 6.61 Å². The first-order valence-electron chi connectivity index (χ1n) is 5.97. The Labute approximate surface area is 103 Å². The van der Waals surface area contributed by atoms with Crippen LogP contribution in [0.3, 0.4) is 0 Å². The summed E-state index contributed by atoms with van der Waals surface area (Å²) in [6.45, 7) is 2.45. The second kappa shape index (κ2) is 3.97. The van der Waals surface area contributed by atoms with Gasteiger partial charge in [-0.05, 0) is 26.2 Å². The molecule has 0 spiro atoms. The van der Waals surface area contributed by atoms with Gasteiger partial charge in [0.2, 0.25) is 11.7 Å². The number of imidazole rings is 1. The molecule has 0 radical (unpaired) electrons. The molecule has 0 saturated carbocycles. The maximum Gasteiger partial charge on any atom is 0.356 e. The zero-order chi connectivity index (χ0) is 12.7. The third-order valence-electron chi connectivity index (χ3n) is 3.13. The van der Waals surface area contributed by atoms with Crippen molar-refractivity contribution in [2.75, 3.05) is 6.61 Å². The molecular weight excluding hydrogens is 234 g/mol. The first kappa shape index (κ1) is 11.0. The fourth-order valence-electron chi connectivity index (χ4n) is 2.39. The van der Waals surface area contributed by atoms with Crippen LogP contribution in [0.25, 0.3) is 5.78 Å². The van der Waals surface area contributed by atoms with E-state index < -0.39 is 5.97 Å². The van der Waals surface area contributed by atoms with E-state index >= 15 is 0 Å². The van der Waals surface area contributed by atoms with Crippen molar-refractivity contribution in [3.63, 3.8) is 0 Å². The molecule has 6 heteroatoms. The van der Waals surface area contributed by atoms with Gasteiger partial charge in [-0.25, -0.2) is 9.78 Å². The van der Waals surface area contributed by atoms with Crippen LogP contribution in [0.15, 0.2) is 6.20 Å². The number of hydrogen-bond donors (Lipinski definition) is 1. The van der Waals surface area contributed by atoms with E-state index in [4.69, 9.17) is 9.84 Å². The largest absolute Gasteiger partial charge is 0.478 e. The summed E-state index contributed by atoms with van der Waals surface area (Å²) in [7, 11) is 0. The molecule has 1 aliphatic carbocycles. The standard InChI is InChI=1S/C12H13N3O3/c1-2-18-10-7-4-3-5-9(7)15-6-8(11(16)17)13-12(15)14-10/h6H,2-5H2,1H3,(H,16,17). The van der Waals surface area contributed by atoms with E-state index in [0.717, 1.165) is 30.5 Å². The third kappa shape index (κ3) is 1.53. The van der Waals surface area contributed by atoms with Crippen LogP contribution in [0.2, 0.25) is 0 Å². The van der Waals surface area contributed by atoms with Gasteiger partial charge < -0.3 is 9.84 Å². The van der Waals surface area contributed by atoms with Crippen LogP contribution in [0.4, 0.5) is 0 Å². The Morgan fingerprint density at radius 2 is 2.33 bits per heavy atom. The van der Waals surface area contributed by atoms with Crippen molar-refractivity contribution in [2.45, 2.75) is 26.2 Å². The number of nitrogens with zero attached hydrogens (tertiary/aromatic N) is 3. The maximum absolute atomic E-state index is 10.9. The monoisotopic (exact) mass is 247 g/mol. The minimum atomic E-state index is -1.04. The van der Waals surface area contributed by atoms with Crippen molar-refractivity contribution in [1.29, 1.82) is 0 Å². The Morgan fingerprint density at radius 3 is 3.06 bits per heavy atom. The van der Waals surface area contributed by atoms with E-state index in [-0.39, 0.29) is 5.69 Å². The Hall–Kier alpha value is -2.11. The molecule has 0 unspecified atom stereocenters. The van der Waals surface area contributed by atoms with Gasteiger partial charge in [0, 0.05) is 17.5 Å². The molecule has 2 aromatic rings. The van der Waals surface area contributed by atoms with Crippen LogP contribution in [0.5, 0.6) is 5.88 Å². The highest BCUT2D eigenvalue weighted by Crippen LogP contribution is 2.30. The van der Waals surface area contributed by atoms with Crippen molar-refractivity contribution >= 4 is 11.7 Å². The van der Waals surface area contributed by atoms with Gasteiger partial charge in [-0.3, -0.25) is 4.40 Å². The number of carboxylic acids is 1. The molecule has 0 aromatic carbocycles. The molecule has 0 atom stereocenters. The lowest BCUT2D eigenvalue weighted by Gasteiger charge is -2.09. The first-order valence-corrected chi connectivity index (χ1v) is 5.97. The van der Waals surface area contributed by atoms with E-state index in [1.165, 1.54) is 6.20 Å². The van der Waals surface area contributed by atoms with Gasteiger partial charge in [-0.15, -0.1) is 0 Å². The number of hydrogen-bond acceptors (Lipinski definition) is 4. The lowest BCUT2D eigenvalue weighted by molar-refractivity contribution is 0.0691. The van der Waals surface area contributed by atoms with Crippen molar-refractivity contribution in [3.8, 4) is 5.88 Å². The first-order chi connectivity index (χ1) is 8.70. The number of ether oxygens (including phenoxy) is 1. The van der Waals surface area contributed by atoms with Crippen LogP contribution in [0.1, 0.15) is 35.1 Å². The van der Waals surface area contributed by atoms with E-state index in [1.54, 1.807) is 4.40 Å². The lowest BCUT2D eigenvalue weighted by Crippen LogP contribution is -2.04. The molecule has 0 fully saturated rings. The van der Waals surface area contributed by atoms with Crippen LogP contribution in [0, 0.1) is 0 Å². The normalized spacial score (nSPS) is 13.8. The van der Waals surface area contributed by atoms with Crippen LogP contribution in [-0.2, 0) is 12.8 Å². The lowest BCUT2D eigenvalue weighted by atomic mass is 10.2. The molecule has 2 aromatic heterocycles. The summed E-state index contributed by atoms with van der Waals surface area (Å²) >= 11 is 0. The second-order valence-corrected chi connectivity index (χ2v) is 4.23. The van der Waals surface area contributed by atoms with Gasteiger partial charge in [0.25, 0.3) is 0 Å². The molecule has 2 heterocycles. The molecule has 0 bridgehead atoms. The van der Waals surface area contributed by atoms with Crippen LogP contribution in [-0.4, -0.2) is 32.1 Å². The predicted octanol–water partition coefficient (Wildman–Crippen LogP) is 1.31. The highest BCUT2D eigenvalue weighted by molar-refractivity contribution is 5.85. The van der Waals surface area contributed by atoms with Crippen molar-refractivity contribution < 1.29 is 14.6 Å². The summed E-state index contributed by atoms with van der Waals surface area (Å²) in [5.41, 5.74) is 2.17. The second-order valence-electron chi connectivity index (χ2n) is 4.23. The average Bonchev–Trinajstić information content (AvgIpc) is 2.94. The fraction of sp³-hybridized carbons (Fsp3) is 0.417. The summed E-state index contributed by atoms with van der Waals surface area (Å²) < 4.78 is 7.29. The molecule has 6 nitrogen and oxygen atoms in total. The van der Waals surface area contributed by atoms with E-state index in [2.05, 4.69) is 9.97 Å². The van der Waals surface area contributed by atoms with Gasteiger partial charge >= 0.3 is 5.97 Å². The summed E-state index contributed by atoms with van der Waals surface area (Å²) in [4.78, 5) is 19.3. The van der Waals surface area contributed by atoms with Crippen molar-refractivity contribution in [1.82, 2.24) is 14.4 Å². The number of aromatic nitrogens is 3. The molecule has 1 N–H and O–H groups in total. The Bertz CT molecular complexity index is 633. The van der Waals surface area contributed by atoms with E-state index in [1.807, 2.05) is 6.92 Å². The number of aromatic carboxylic acids is 1. The van der Waals surface area contributed by atoms with E-state index in [9.17, 15) is 4.79 Å². The molecule has 0 aliphatic heterocycles. The van der Waals surface area contributed by atoms with Crippen LogP contribution >= 0.6 is 0 Å². The topological polar surface area (TPSA) is 76.7 Å². The summed E-state index contributed by atoms with van der Waals surface area (Å²) in [5.74, 6) is -0.0401. The molecule has 3 rings (SSSR count). The minimum Gasteiger partial charge on any atom is -0.478 e. The van der Waals surface area contributed by atoms with E-state index in [0.29, 0.717) is 18.3 Å². The maximum atomic E-state index is 10.9. The molecule has 18 heavy (non-hydrogen) atoms. The Kier molecular flexibility index (Phi) is 2.43. The third-order valence-corrected chi connectivity index (χ3v) is 3.13. The molecule has 0 amide bonds. The summed E-state index contributed by atoms with van der Waals surface area (Å²) in [6.07, 6.45) is 4.40. The Morgan fingerprint density at radius 1 is 1.50 bits per heavy atom. The minimum absolute atomic E-state index is 0.0187. The number of carbonyl (C=O) groups is 1. The van der Waals surface area contributed by atoms with Gasteiger partial charge in [-0.2, -0.15) is 4.98 Å². The zero-order valence-corrected chi connectivity index (χ0v) is 10.0. The van der Waals surface area contributed by atoms with Gasteiger partial charge in [0.1, 0.15) is 0 Å². The van der Waals surface area contributed by atoms with Gasteiger partial charge in [0.15, 0.2) is 5.69 Å². The molecule has 94 valence electrons. The van der Waals surface area contributed by atoms with Crippen LogP contribution < -0.4 is 4.74 Å². The Balaban J connectivity index is 2.25. The van der Waals surface area contributed by atoms with Crippen molar-refractivity contribution in [2.24, 2.45) is 0 Å². The zero-order valence-electron chi connectivity index (χ0n) is 10.0. The molecular formula is C12H13N3O3. The average molecular weight is 247 g/mol. The predicted molar refractivity (Wildman–Crippen MR) is 63.1 cm³/mol. The molecule has 1 aliphatic rings. The number of rotatable bonds is 3. The highest BCUT2D eigenvalue weighted by Gasteiger charge is 2.23. The summed E-state index contributed by atoms with van der Waals surface area (Å²) in [6, 6.07) is 0. The quantitative estimate of drug-likeness (QED) is 0.885. The smallest absolute Gasteiger partial charge is 0.356 e. The fourth-order valence-corrected chi connectivity index (χ4v) is 2.39. The number of fused-ring (bicyclic) bond motifs is 3. The highest BCUT2D eigenvalue weighted by atomic mass is 16.5. The molecule has 0 saturated heterocycles. The number of carboxylic acid groups (broad SMARTS) is 1. The SMILES string of the molecule is CCOc1nc2nc(C(=O)O)cn2c2c1CCC2.